The summed E-state index contributed by atoms with van der Waals surface area (Å²) in [6.45, 7) is 4.87. The van der Waals surface area contributed by atoms with Gasteiger partial charge in [-0.05, 0) is 18.9 Å². The van der Waals surface area contributed by atoms with Crippen LogP contribution in [0, 0.1) is 0 Å². The lowest BCUT2D eigenvalue weighted by Gasteiger charge is -2.33. The number of ether oxygens (including phenoxy) is 1. The molecule has 1 unspecified atom stereocenters. The topological polar surface area (TPSA) is 42.3 Å². The fourth-order valence-corrected chi connectivity index (χ4v) is 2.57. The van der Waals surface area contributed by atoms with Crippen molar-refractivity contribution < 1.29 is 4.74 Å². The molecule has 18 heavy (non-hydrogen) atoms. The van der Waals surface area contributed by atoms with Crippen LogP contribution in [0.25, 0.3) is 0 Å². The highest BCUT2D eigenvalue weighted by atomic mass is 16.5. The predicted molar refractivity (Wildman–Crippen MR) is 69.2 cm³/mol. The average molecular weight is 250 g/mol. The number of rotatable bonds is 5. The van der Waals surface area contributed by atoms with Crippen LogP contribution < -0.4 is 5.32 Å². The summed E-state index contributed by atoms with van der Waals surface area (Å²) in [5.74, 6) is 0. The Kier molecular flexibility index (Phi) is 3.63. The van der Waals surface area contributed by atoms with Crippen LogP contribution in [0.4, 0.5) is 0 Å². The lowest BCUT2D eigenvalue weighted by molar-refractivity contribution is -0.0302. The van der Waals surface area contributed by atoms with Crippen LogP contribution in [0.2, 0.25) is 0 Å². The zero-order chi connectivity index (χ0) is 12.4. The summed E-state index contributed by atoms with van der Waals surface area (Å²) in [5.41, 5.74) is 1.21. The molecule has 1 atom stereocenters. The van der Waals surface area contributed by atoms with Gasteiger partial charge in [-0.1, -0.05) is 0 Å². The molecule has 5 heteroatoms. The normalized spacial score (nSPS) is 25.5. The van der Waals surface area contributed by atoms with E-state index in [0.717, 1.165) is 38.8 Å². The molecular formula is C13H22N4O. The summed E-state index contributed by atoms with van der Waals surface area (Å²) in [6, 6.07) is 2.90. The highest BCUT2D eigenvalue weighted by molar-refractivity contribution is 4.99. The van der Waals surface area contributed by atoms with Gasteiger partial charge in [-0.25, -0.2) is 0 Å². The van der Waals surface area contributed by atoms with E-state index in [9.17, 15) is 0 Å². The first-order valence-electron chi connectivity index (χ1n) is 6.86. The van der Waals surface area contributed by atoms with E-state index in [1.165, 1.54) is 18.5 Å². The van der Waals surface area contributed by atoms with Gasteiger partial charge in [-0.2, -0.15) is 5.10 Å². The summed E-state index contributed by atoms with van der Waals surface area (Å²) in [6.07, 6.45) is 4.94. The second-order valence-corrected chi connectivity index (χ2v) is 5.30. The second kappa shape index (κ2) is 5.38. The molecule has 1 aromatic rings. The largest absolute Gasteiger partial charge is 0.374 e. The molecule has 1 saturated heterocycles. The molecule has 2 heterocycles. The van der Waals surface area contributed by atoms with Crippen LogP contribution in [0.1, 0.15) is 18.5 Å². The van der Waals surface area contributed by atoms with Gasteiger partial charge in [0.05, 0.1) is 18.4 Å². The average Bonchev–Trinajstić information content (AvgIpc) is 3.15. The van der Waals surface area contributed by atoms with E-state index < -0.39 is 0 Å². The first-order chi connectivity index (χ1) is 8.83. The summed E-state index contributed by atoms with van der Waals surface area (Å²) in [7, 11) is 1.98. The summed E-state index contributed by atoms with van der Waals surface area (Å²) in [5, 5.41) is 7.63. The predicted octanol–water partition coefficient (Wildman–Crippen LogP) is 0.373. The molecule has 1 aliphatic heterocycles. The smallest absolute Gasteiger partial charge is 0.0826 e. The highest BCUT2D eigenvalue weighted by Gasteiger charge is 2.32. The Morgan fingerprint density at radius 3 is 3.11 bits per heavy atom. The standard InChI is InChI=1S/C13H22N4O/c1-16-12(4-5-15-16)8-14-9-13-10-17(6-7-18-13)11-2-3-11/h4-5,11,13-14H,2-3,6-10H2,1H3. The van der Waals surface area contributed by atoms with Crippen molar-refractivity contribution in [3.8, 4) is 0 Å². The van der Waals surface area contributed by atoms with E-state index in [-0.39, 0.29) is 0 Å². The van der Waals surface area contributed by atoms with Crippen molar-refractivity contribution in [1.82, 2.24) is 20.0 Å². The molecular weight excluding hydrogens is 228 g/mol. The lowest BCUT2D eigenvalue weighted by Crippen LogP contribution is -2.47. The van der Waals surface area contributed by atoms with Crippen molar-refractivity contribution in [3.63, 3.8) is 0 Å². The number of nitrogens with one attached hydrogen (secondary N) is 1. The maximum absolute atomic E-state index is 5.81. The quantitative estimate of drug-likeness (QED) is 0.820. The van der Waals surface area contributed by atoms with E-state index in [4.69, 9.17) is 4.74 Å². The molecule has 0 aromatic carbocycles. The molecule has 0 radical (unpaired) electrons. The third kappa shape index (κ3) is 2.91. The van der Waals surface area contributed by atoms with Crippen molar-refractivity contribution in [1.29, 1.82) is 0 Å². The molecule has 5 nitrogen and oxygen atoms in total. The summed E-state index contributed by atoms with van der Waals surface area (Å²) >= 11 is 0. The van der Waals surface area contributed by atoms with Crippen molar-refractivity contribution >= 4 is 0 Å². The van der Waals surface area contributed by atoms with Crippen molar-refractivity contribution in [3.05, 3.63) is 18.0 Å². The van der Waals surface area contributed by atoms with Crippen LogP contribution in [0.3, 0.4) is 0 Å². The minimum atomic E-state index is 0.340. The number of hydrogen-bond acceptors (Lipinski definition) is 4. The highest BCUT2D eigenvalue weighted by Crippen LogP contribution is 2.28. The van der Waals surface area contributed by atoms with Gasteiger partial charge in [0, 0.05) is 45.5 Å². The third-order valence-electron chi connectivity index (χ3n) is 3.83. The Bertz CT molecular complexity index is 388. The van der Waals surface area contributed by atoms with Crippen LogP contribution in [-0.2, 0) is 18.3 Å². The zero-order valence-electron chi connectivity index (χ0n) is 11.0. The lowest BCUT2D eigenvalue weighted by atomic mass is 10.2. The Morgan fingerprint density at radius 2 is 2.39 bits per heavy atom. The summed E-state index contributed by atoms with van der Waals surface area (Å²) in [4.78, 5) is 2.58. The molecule has 1 aromatic heterocycles. The minimum absolute atomic E-state index is 0.340. The van der Waals surface area contributed by atoms with E-state index >= 15 is 0 Å². The number of aromatic nitrogens is 2. The van der Waals surface area contributed by atoms with Gasteiger partial charge in [0.15, 0.2) is 0 Å². The first-order valence-corrected chi connectivity index (χ1v) is 6.86. The molecule has 2 aliphatic rings. The van der Waals surface area contributed by atoms with Crippen molar-refractivity contribution in [2.24, 2.45) is 7.05 Å². The molecule has 100 valence electrons. The van der Waals surface area contributed by atoms with Crippen molar-refractivity contribution in [2.75, 3.05) is 26.2 Å². The zero-order valence-corrected chi connectivity index (χ0v) is 11.0. The fraction of sp³-hybridized carbons (Fsp3) is 0.769. The molecule has 1 N–H and O–H groups in total. The Morgan fingerprint density at radius 1 is 1.50 bits per heavy atom. The molecule has 1 saturated carbocycles. The Balaban J connectivity index is 1.41. The monoisotopic (exact) mass is 250 g/mol. The SMILES string of the molecule is Cn1nccc1CNCC1CN(C2CC2)CCO1. The third-order valence-corrected chi connectivity index (χ3v) is 3.83. The van der Waals surface area contributed by atoms with E-state index in [0.29, 0.717) is 6.10 Å². The summed E-state index contributed by atoms with van der Waals surface area (Å²) < 4.78 is 7.72. The van der Waals surface area contributed by atoms with Gasteiger partial charge in [0.25, 0.3) is 0 Å². The number of morpholine rings is 1. The van der Waals surface area contributed by atoms with Gasteiger partial charge in [-0.15, -0.1) is 0 Å². The second-order valence-electron chi connectivity index (χ2n) is 5.30. The van der Waals surface area contributed by atoms with E-state index in [2.05, 4.69) is 15.3 Å². The maximum Gasteiger partial charge on any atom is 0.0826 e. The van der Waals surface area contributed by atoms with Crippen LogP contribution in [0.15, 0.2) is 12.3 Å². The van der Waals surface area contributed by atoms with E-state index in [1.54, 1.807) is 0 Å². The number of aryl methyl sites for hydroxylation is 1. The molecule has 1 aliphatic carbocycles. The molecule has 0 bridgehead atoms. The number of nitrogens with zero attached hydrogens (tertiary/aromatic N) is 3. The van der Waals surface area contributed by atoms with Crippen LogP contribution >= 0.6 is 0 Å². The van der Waals surface area contributed by atoms with Crippen LogP contribution in [-0.4, -0.2) is 53.1 Å². The molecule has 2 fully saturated rings. The minimum Gasteiger partial charge on any atom is -0.374 e. The van der Waals surface area contributed by atoms with Crippen LogP contribution in [0.5, 0.6) is 0 Å². The molecule has 0 amide bonds. The van der Waals surface area contributed by atoms with Gasteiger partial charge < -0.3 is 10.1 Å². The van der Waals surface area contributed by atoms with Gasteiger partial charge in [0.2, 0.25) is 0 Å². The fourth-order valence-electron chi connectivity index (χ4n) is 2.57. The van der Waals surface area contributed by atoms with E-state index in [1.807, 2.05) is 24.0 Å². The Hall–Kier alpha value is -0.910. The van der Waals surface area contributed by atoms with Gasteiger partial charge >= 0.3 is 0 Å². The number of hydrogen-bond donors (Lipinski definition) is 1. The first kappa shape index (κ1) is 12.1. The van der Waals surface area contributed by atoms with Crippen molar-refractivity contribution in [2.45, 2.75) is 31.5 Å². The van der Waals surface area contributed by atoms with Gasteiger partial charge in [0.1, 0.15) is 0 Å². The Labute approximate surface area is 108 Å². The maximum atomic E-state index is 5.81. The molecule has 0 spiro atoms. The van der Waals surface area contributed by atoms with Gasteiger partial charge in [-0.3, -0.25) is 9.58 Å². The molecule has 3 rings (SSSR count).